The van der Waals surface area contributed by atoms with Gasteiger partial charge in [-0.2, -0.15) is 4.98 Å². The molecule has 0 radical (unpaired) electrons. The zero-order valence-corrected chi connectivity index (χ0v) is 13.6. The van der Waals surface area contributed by atoms with E-state index in [2.05, 4.69) is 31.2 Å². The standard InChI is InChI=1S/C13H12BrClFN3O2/c1-17-11-5-13(19-12(18-11)6-20-2)21-10-4-9(16)8(15)3-7(10)14/h3-5H,6H2,1-2H3,(H,17,18,19). The van der Waals surface area contributed by atoms with Crippen molar-refractivity contribution >= 4 is 33.3 Å². The first-order chi connectivity index (χ1) is 10.0. The van der Waals surface area contributed by atoms with Crippen molar-refractivity contribution in [3.8, 4) is 11.6 Å². The maximum Gasteiger partial charge on any atom is 0.224 e. The molecule has 0 saturated heterocycles. The number of rotatable bonds is 5. The van der Waals surface area contributed by atoms with Crippen molar-refractivity contribution < 1.29 is 13.9 Å². The van der Waals surface area contributed by atoms with Gasteiger partial charge in [0.2, 0.25) is 5.88 Å². The zero-order valence-electron chi connectivity index (χ0n) is 11.3. The Kier molecular flexibility index (Phi) is 5.33. The van der Waals surface area contributed by atoms with E-state index in [0.717, 1.165) is 0 Å². The van der Waals surface area contributed by atoms with E-state index in [4.69, 9.17) is 21.1 Å². The molecule has 2 rings (SSSR count). The zero-order chi connectivity index (χ0) is 15.4. The van der Waals surface area contributed by atoms with E-state index in [1.165, 1.54) is 12.1 Å². The van der Waals surface area contributed by atoms with E-state index in [1.807, 2.05) is 0 Å². The summed E-state index contributed by atoms with van der Waals surface area (Å²) in [6.45, 7) is 0.238. The van der Waals surface area contributed by atoms with Gasteiger partial charge in [-0.25, -0.2) is 9.37 Å². The Morgan fingerprint density at radius 3 is 2.76 bits per heavy atom. The summed E-state index contributed by atoms with van der Waals surface area (Å²) in [6, 6.07) is 4.20. The molecule has 0 atom stereocenters. The lowest BCUT2D eigenvalue weighted by atomic mass is 10.3. The van der Waals surface area contributed by atoms with Gasteiger partial charge in [-0.3, -0.25) is 0 Å². The van der Waals surface area contributed by atoms with Crippen LogP contribution in [0.4, 0.5) is 10.2 Å². The maximum atomic E-state index is 13.5. The summed E-state index contributed by atoms with van der Waals surface area (Å²) in [7, 11) is 3.27. The SMILES string of the molecule is CNc1cc(Oc2cc(F)c(Cl)cc2Br)nc(COC)n1. The van der Waals surface area contributed by atoms with Crippen LogP contribution in [0.2, 0.25) is 5.02 Å². The van der Waals surface area contributed by atoms with Crippen LogP contribution in [0.25, 0.3) is 0 Å². The van der Waals surface area contributed by atoms with Crippen molar-refractivity contribution in [2.45, 2.75) is 6.61 Å². The molecule has 1 aromatic carbocycles. The lowest BCUT2D eigenvalue weighted by molar-refractivity contribution is 0.177. The van der Waals surface area contributed by atoms with Crippen molar-refractivity contribution in [3.05, 3.63) is 39.3 Å². The molecular weight excluding hydrogens is 365 g/mol. The second-order valence-corrected chi connectivity index (χ2v) is 5.25. The number of hydrogen-bond acceptors (Lipinski definition) is 5. The number of ether oxygens (including phenoxy) is 2. The minimum atomic E-state index is -0.574. The first-order valence-electron chi connectivity index (χ1n) is 5.90. The van der Waals surface area contributed by atoms with E-state index in [0.29, 0.717) is 16.1 Å². The van der Waals surface area contributed by atoms with Crippen LogP contribution in [-0.4, -0.2) is 24.1 Å². The fourth-order valence-electron chi connectivity index (χ4n) is 1.54. The predicted molar refractivity (Wildman–Crippen MR) is 81.5 cm³/mol. The average molecular weight is 377 g/mol. The van der Waals surface area contributed by atoms with Crippen LogP contribution in [-0.2, 0) is 11.3 Å². The number of halogens is 3. The molecule has 0 aliphatic rings. The van der Waals surface area contributed by atoms with Crippen LogP contribution in [0.15, 0.2) is 22.7 Å². The topological polar surface area (TPSA) is 56.3 Å². The monoisotopic (exact) mass is 375 g/mol. The smallest absolute Gasteiger partial charge is 0.224 e. The second-order valence-electron chi connectivity index (χ2n) is 3.99. The van der Waals surface area contributed by atoms with Gasteiger partial charge >= 0.3 is 0 Å². The van der Waals surface area contributed by atoms with Crippen molar-refractivity contribution in [1.29, 1.82) is 0 Å². The molecule has 0 amide bonds. The van der Waals surface area contributed by atoms with Crippen molar-refractivity contribution in [2.24, 2.45) is 0 Å². The van der Waals surface area contributed by atoms with Gasteiger partial charge in [-0.05, 0) is 22.0 Å². The summed E-state index contributed by atoms with van der Waals surface area (Å²) >= 11 is 8.95. The van der Waals surface area contributed by atoms with E-state index >= 15 is 0 Å². The molecule has 1 heterocycles. The molecule has 0 spiro atoms. The molecule has 0 aliphatic heterocycles. The van der Waals surface area contributed by atoms with Gasteiger partial charge < -0.3 is 14.8 Å². The molecule has 1 N–H and O–H groups in total. The Labute approximate surface area is 134 Å². The first kappa shape index (κ1) is 15.9. The van der Waals surface area contributed by atoms with Gasteiger partial charge in [-0.15, -0.1) is 0 Å². The summed E-state index contributed by atoms with van der Waals surface area (Å²) in [4.78, 5) is 8.39. The fraction of sp³-hybridized carbons (Fsp3) is 0.231. The Morgan fingerprint density at radius 2 is 2.10 bits per heavy atom. The van der Waals surface area contributed by atoms with Crippen molar-refractivity contribution in [2.75, 3.05) is 19.5 Å². The molecule has 1 aromatic heterocycles. The highest BCUT2D eigenvalue weighted by Gasteiger charge is 2.11. The number of nitrogens with one attached hydrogen (secondary N) is 1. The van der Waals surface area contributed by atoms with Crippen LogP contribution >= 0.6 is 27.5 Å². The summed E-state index contributed by atoms with van der Waals surface area (Å²) in [5.41, 5.74) is 0. The van der Waals surface area contributed by atoms with E-state index < -0.39 is 5.82 Å². The van der Waals surface area contributed by atoms with Crippen LogP contribution in [0.5, 0.6) is 11.6 Å². The number of aromatic nitrogens is 2. The largest absolute Gasteiger partial charge is 0.438 e. The highest BCUT2D eigenvalue weighted by atomic mass is 79.9. The van der Waals surface area contributed by atoms with Gasteiger partial charge in [-0.1, -0.05) is 11.6 Å². The third-order valence-electron chi connectivity index (χ3n) is 2.47. The van der Waals surface area contributed by atoms with E-state index in [-0.39, 0.29) is 23.3 Å². The Hall–Kier alpha value is -1.44. The first-order valence-corrected chi connectivity index (χ1v) is 7.07. The normalized spacial score (nSPS) is 10.5. The van der Waals surface area contributed by atoms with Crippen molar-refractivity contribution in [3.63, 3.8) is 0 Å². The molecule has 5 nitrogen and oxygen atoms in total. The summed E-state index contributed by atoms with van der Waals surface area (Å²) in [5.74, 6) is 0.974. The van der Waals surface area contributed by atoms with Crippen LogP contribution in [0, 0.1) is 5.82 Å². The van der Waals surface area contributed by atoms with Crippen LogP contribution in [0.3, 0.4) is 0 Å². The van der Waals surface area contributed by atoms with Gasteiger partial charge in [0.15, 0.2) is 5.82 Å². The molecule has 2 aromatic rings. The summed E-state index contributed by atoms with van der Waals surface area (Å²) < 4.78 is 24.6. The number of methoxy groups -OCH3 is 1. The predicted octanol–water partition coefficient (Wildman–Crippen LogP) is 4.01. The molecule has 8 heteroatoms. The number of nitrogens with zero attached hydrogens (tertiary/aromatic N) is 2. The highest BCUT2D eigenvalue weighted by Crippen LogP contribution is 2.33. The molecular formula is C13H12BrClFN3O2. The molecule has 0 saturated carbocycles. The van der Waals surface area contributed by atoms with Gasteiger partial charge in [0.1, 0.15) is 24.0 Å². The molecule has 0 aliphatic carbocycles. The Bertz CT molecular complexity index is 658. The lowest BCUT2D eigenvalue weighted by Crippen LogP contribution is -2.03. The quantitative estimate of drug-likeness (QED) is 0.799. The molecule has 21 heavy (non-hydrogen) atoms. The third-order valence-corrected chi connectivity index (χ3v) is 3.38. The van der Waals surface area contributed by atoms with E-state index in [1.54, 1.807) is 20.2 Å². The van der Waals surface area contributed by atoms with Gasteiger partial charge in [0.05, 0.1) is 9.50 Å². The maximum absolute atomic E-state index is 13.5. The molecule has 112 valence electrons. The molecule has 0 bridgehead atoms. The van der Waals surface area contributed by atoms with Crippen molar-refractivity contribution in [1.82, 2.24) is 9.97 Å². The average Bonchev–Trinajstić information content (AvgIpc) is 2.45. The molecule has 0 unspecified atom stereocenters. The lowest BCUT2D eigenvalue weighted by Gasteiger charge is -2.10. The summed E-state index contributed by atoms with van der Waals surface area (Å²) in [6.07, 6.45) is 0. The Balaban J connectivity index is 2.34. The number of anilines is 1. The highest BCUT2D eigenvalue weighted by molar-refractivity contribution is 9.10. The summed E-state index contributed by atoms with van der Waals surface area (Å²) in [5, 5.41) is 2.90. The minimum absolute atomic E-state index is 0.00731. The van der Waals surface area contributed by atoms with Crippen LogP contribution in [0.1, 0.15) is 5.82 Å². The number of hydrogen-bond donors (Lipinski definition) is 1. The Morgan fingerprint density at radius 1 is 1.33 bits per heavy atom. The van der Waals surface area contributed by atoms with Gasteiger partial charge in [0.25, 0.3) is 0 Å². The fourth-order valence-corrected chi connectivity index (χ4v) is 2.26. The van der Waals surface area contributed by atoms with E-state index in [9.17, 15) is 4.39 Å². The number of benzene rings is 1. The second kappa shape index (κ2) is 7.02. The van der Waals surface area contributed by atoms with Gasteiger partial charge in [0, 0.05) is 26.3 Å². The molecule has 0 fully saturated rings. The minimum Gasteiger partial charge on any atom is -0.438 e. The third kappa shape index (κ3) is 4.03. The van der Waals surface area contributed by atoms with Crippen LogP contribution < -0.4 is 10.1 Å².